The predicted molar refractivity (Wildman–Crippen MR) is 225 cm³/mol. The van der Waals surface area contributed by atoms with E-state index in [4.69, 9.17) is 19.1 Å². The van der Waals surface area contributed by atoms with Crippen LogP contribution in [0.4, 0.5) is 0 Å². The Bertz CT molecular complexity index is 1130. The first-order chi connectivity index (χ1) is 27.1. The first kappa shape index (κ1) is 53.6. The molecule has 324 valence electrons. The molecule has 0 amide bonds. The molecule has 0 spiro atoms. The van der Waals surface area contributed by atoms with Gasteiger partial charge in [-0.05, 0) is 70.6 Å². The molecule has 1 unspecified atom stereocenters. The number of hydrogen-bond donors (Lipinski definition) is 4. The van der Waals surface area contributed by atoms with E-state index in [1.165, 1.54) is 70.6 Å². The van der Waals surface area contributed by atoms with E-state index >= 15 is 0 Å². The first-order valence-corrected chi connectivity index (χ1v) is 22.8. The van der Waals surface area contributed by atoms with Crippen LogP contribution < -0.4 is 0 Å². The fourth-order valence-corrected chi connectivity index (χ4v) is 6.15. The summed E-state index contributed by atoms with van der Waals surface area (Å²) < 4.78 is 32.6. The van der Waals surface area contributed by atoms with Crippen LogP contribution in [0.25, 0.3) is 0 Å². The summed E-state index contributed by atoms with van der Waals surface area (Å²) in [5, 5.41) is 28.3. The maximum Gasteiger partial charge on any atom is 0.472 e. The smallest absolute Gasteiger partial charge is 0.462 e. The van der Waals surface area contributed by atoms with Crippen molar-refractivity contribution in [2.24, 2.45) is 0 Å². The lowest BCUT2D eigenvalue weighted by Gasteiger charge is -2.20. The molecule has 0 rings (SSSR count). The Kier molecular flexibility index (Phi) is 37.8. The minimum absolute atomic E-state index is 0.0735. The van der Waals surface area contributed by atoms with Gasteiger partial charge in [-0.1, -0.05) is 139 Å². The monoisotopic (exact) mass is 813 g/mol. The molecule has 12 heteroatoms. The lowest BCUT2D eigenvalue weighted by molar-refractivity contribution is -0.161. The van der Waals surface area contributed by atoms with Crippen LogP contribution in [0.3, 0.4) is 0 Å². The number of ether oxygens (including phenoxy) is 2. The van der Waals surface area contributed by atoms with Crippen molar-refractivity contribution in [3.05, 3.63) is 60.8 Å². The summed E-state index contributed by atoms with van der Waals surface area (Å²) in [7, 11) is -4.65. The minimum atomic E-state index is -4.65. The van der Waals surface area contributed by atoms with Gasteiger partial charge in [0.15, 0.2) is 6.10 Å². The summed E-state index contributed by atoms with van der Waals surface area (Å²) in [4.78, 5) is 34.9. The highest BCUT2D eigenvalue weighted by Gasteiger charge is 2.27. The largest absolute Gasteiger partial charge is 0.472 e. The number of carbonyl (C=O) groups excluding carboxylic acids is 2. The average Bonchev–Trinajstić information content (AvgIpc) is 3.18. The van der Waals surface area contributed by atoms with Gasteiger partial charge in [-0.15, -0.1) is 0 Å². The van der Waals surface area contributed by atoms with E-state index in [2.05, 4.69) is 36.6 Å². The Balaban J connectivity index is 4.49. The van der Waals surface area contributed by atoms with Crippen molar-refractivity contribution in [1.29, 1.82) is 0 Å². The van der Waals surface area contributed by atoms with Crippen LogP contribution in [-0.4, -0.2) is 76.9 Å². The molecule has 0 radical (unpaired) electrons. The number of rotatable bonds is 39. The van der Waals surface area contributed by atoms with Crippen LogP contribution in [0.2, 0.25) is 0 Å². The Labute approximate surface area is 338 Å². The van der Waals surface area contributed by atoms with Gasteiger partial charge in [0.25, 0.3) is 0 Å². The second kappa shape index (κ2) is 39.5. The van der Waals surface area contributed by atoms with Crippen molar-refractivity contribution in [2.45, 2.75) is 180 Å². The van der Waals surface area contributed by atoms with Crippen LogP contribution in [0.5, 0.6) is 0 Å². The van der Waals surface area contributed by atoms with Crippen molar-refractivity contribution < 1.29 is 52.9 Å². The third-order valence-corrected chi connectivity index (χ3v) is 9.68. The minimum Gasteiger partial charge on any atom is -0.462 e. The number of phosphoric acid groups is 1. The van der Waals surface area contributed by atoms with Crippen molar-refractivity contribution in [3.63, 3.8) is 0 Å². The SMILES string of the molecule is CCCCC/C=C\C[C@H](O)/C=C/C=C\C/C=C\CCCC(=O)O[C@H](COC(=O)CCCCCCCCC/C=C\CCCCCC)COP(=O)(O)OC[C@@H](O)CO. The summed E-state index contributed by atoms with van der Waals surface area (Å²) in [6, 6.07) is 0. The molecule has 0 aromatic carbocycles. The van der Waals surface area contributed by atoms with Crippen molar-refractivity contribution in [3.8, 4) is 0 Å². The van der Waals surface area contributed by atoms with Gasteiger partial charge in [0.05, 0.1) is 25.9 Å². The molecule has 11 nitrogen and oxygen atoms in total. The molecular formula is C44H77O11P. The van der Waals surface area contributed by atoms with Crippen LogP contribution in [0, 0.1) is 0 Å². The third kappa shape index (κ3) is 38.5. The van der Waals surface area contributed by atoms with Gasteiger partial charge in [-0.3, -0.25) is 18.6 Å². The molecule has 0 aliphatic rings. The second-order valence-corrected chi connectivity index (χ2v) is 15.7. The van der Waals surface area contributed by atoms with Crippen LogP contribution in [-0.2, 0) is 32.7 Å². The van der Waals surface area contributed by atoms with E-state index in [1.54, 1.807) is 6.08 Å². The van der Waals surface area contributed by atoms with Gasteiger partial charge >= 0.3 is 19.8 Å². The third-order valence-electron chi connectivity index (χ3n) is 8.72. The molecule has 0 bridgehead atoms. The van der Waals surface area contributed by atoms with Crippen LogP contribution in [0.15, 0.2) is 60.8 Å². The van der Waals surface area contributed by atoms with E-state index in [-0.39, 0.29) is 19.4 Å². The maximum absolute atomic E-state index is 12.6. The number of hydrogen-bond acceptors (Lipinski definition) is 10. The summed E-state index contributed by atoms with van der Waals surface area (Å²) in [5.41, 5.74) is 0. The predicted octanol–water partition coefficient (Wildman–Crippen LogP) is 10.1. The highest BCUT2D eigenvalue weighted by molar-refractivity contribution is 7.47. The summed E-state index contributed by atoms with van der Waals surface area (Å²) in [5.74, 6) is -1.04. The average molecular weight is 813 g/mol. The lowest BCUT2D eigenvalue weighted by Crippen LogP contribution is -2.29. The lowest BCUT2D eigenvalue weighted by atomic mass is 10.1. The fourth-order valence-electron chi connectivity index (χ4n) is 5.36. The standard InChI is InChI=1S/C44H77O11P/c1-3-5-7-9-11-12-13-14-15-16-17-18-22-26-30-34-43(48)52-38-42(39-54-56(50,51)53-37-41(47)36-45)55-44(49)35-31-27-23-20-19-21-25-29-33-40(46)32-28-24-10-8-6-4-2/h12-13,20-21,23-25,28-29,33,40-42,45-47H,3-11,14-19,22,26-27,30-32,34-39H2,1-2H3,(H,50,51)/b13-12-,23-20-,25-21-,28-24-,33-29+/t40-,41-,42+/m0/s1. The maximum atomic E-state index is 12.6. The number of allylic oxidation sites excluding steroid dienone is 8. The molecule has 0 aromatic heterocycles. The fraction of sp³-hybridized carbons (Fsp3) is 0.727. The molecule has 4 N–H and O–H groups in total. The summed E-state index contributed by atoms with van der Waals surface area (Å²) >= 11 is 0. The summed E-state index contributed by atoms with van der Waals surface area (Å²) in [6.07, 6.45) is 39.3. The van der Waals surface area contributed by atoms with E-state index < -0.39 is 57.9 Å². The molecule has 0 fully saturated rings. The normalized spacial score (nSPS) is 15.0. The molecule has 56 heavy (non-hydrogen) atoms. The first-order valence-electron chi connectivity index (χ1n) is 21.4. The molecule has 0 aliphatic carbocycles. The molecule has 0 saturated heterocycles. The van der Waals surface area contributed by atoms with Crippen molar-refractivity contribution in [2.75, 3.05) is 26.4 Å². The molecule has 4 atom stereocenters. The highest BCUT2D eigenvalue weighted by Crippen LogP contribution is 2.43. The van der Waals surface area contributed by atoms with Crippen molar-refractivity contribution in [1.82, 2.24) is 0 Å². The Morgan fingerprint density at radius 3 is 1.82 bits per heavy atom. The van der Waals surface area contributed by atoms with E-state index in [0.29, 0.717) is 32.1 Å². The molecule has 0 heterocycles. The van der Waals surface area contributed by atoms with Gasteiger partial charge in [-0.25, -0.2) is 4.57 Å². The molecular weight excluding hydrogens is 735 g/mol. The van der Waals surface area contributed by atoms with E-state index in [0.717, 1.165) is 32.1 Å². The number of carbonyl (C=O) groups is 2. The number of aliphatic hydroxyl groups excluding tert-OH is 3. The van der Waals surface area contributed by atoms with Gasteiger partial charge in [-0.2, -0.15) is 0 Å². The number of phosphoric ester groups is 1. The van der Waals surface area contributed by atoms with Gasteiger partial charge in [0.1, 0.15) is 12.7 Å². The van der Waals surface area contributed by atoms with Gasteiger partial charge < -0.3 is 29.7 Å². The van der Waals surface area contributed by atoms with Gasteiger partial charge in [0.2, 0.25) is 0 Å². The topological polar surface area (TPSA) is 169 Å². The number of esters is 2. The highest BCUT2D eigenvalue weighted by atomic mass is 31.2. The zero-order valence-electron chi connectivity index (χ0n) is 34.7. The van der Waals surface area contributed by atoms with Crippen LogP contribution in [0.1, 0.15) is 162 Å². The van der Waals surface area contributed by atoms with Crippen molar-refractivity contribution >= 4 is 19.8 Å². The Morgan fingerprint density at radius 2 is 1.14 bits per heavy atom. The molecule has 0 aliphatic heterocycles. The second-order valence-electron chi connectivity index (χ2n) is 14.2. The van der Waals surface area contributed by atoms with Gasteiger partial charge in [0, 0.05) is 12.8 Å². The van der Waals surface area contributed by atoms with Crippen LogP contribution >= 0.6 is 7.82 Å². The van der Waals surface area contributed by atoms with E-state index in [9.17, 15) is 29.3 Å². The Morgan fingerprint density at radius 1 is 0.607 bits per heavy atom. The zero-order chi connectivity index (χ0) is 41.4. The summed E-state index contributed by atoms with van der Waals surface area (Å²) in [6.45, 7) is 2.17. The number of unbranched alkanes of at least 4 members (excludes halogenated alkanes) is 15. The number of aliphatic hydroxyl groups is 3. The molecule has 0 saturated carbocycles. The Hall–Kier alpha value is -2.37. The van der Waals surface area contributed by atoms with E-state index in [1.807, 2.05) is 36.5 Å². The quantitative estimate of drug-likeness (QED) is 0.0153. The zero-order valence-corrected chi connectivity index (χ0v) is 35.6. The molecule has 0 aromatic rings.